The minimum Gasteiger partial charge on any atom is -0.457 e. The van der Waals surface area contributed by atoms with Crippen LogP contribution in [-0.2, 0) is 0 Å². The van der Waals surface area contributed by atoms with Crippen molar-refractivity contribution in [1.29, 1.82) is 0 Å². The summed E-state index contributed by atoms with van der Waals surface area (Å²) in [7, 11) is 0. The summed E-state index contributed by atoms with van der Waals surface area (Å²) in [6.07, 6.45) is 4.63. The van der Waals surface area contributed by atoms with Crippen LogP contribution in [0.2, 0.25) is 0 Å². The predicted molar refractivity (Wildman–Crippen MR) is 68.5 cm³/mol. The van der Waals surface area contributed by atoms with Crippen LogP contribution in [0.3, 0.4) is 0 Å². The van der Waals surface area contributed by atoms with E-state index in [1.165, 1.54) is 6.26 Å². The van der Waals surface area contributed by atoms with Gasteiger partial charge >= 0.3 is 0 Å². The van der Waals surface area contributed by atoms with Gasteiger partial charge in [-0.05, 0) is 34.8 Å². The molecule has 0 aliphatic heterocycles. The fraction of sp³-hybridized carbons (Fsp3) is 0.455. The van der Waals surface area contributed by atoms with E-state index in [1.54, 1.807) is 6.07 Å². The van der Waals surface area contributed by atoms with Gasteiger partial charge < -0.3 is 20.7 Å². The van der Waals surface area contributed by atoms with Crippen LogP contribution in [0.5, 0.6) is 0 Å². The van der Waals surface area contributed by atoms with Crippen molar-refractivity contribution in [2.45, 2.75) is 31.2 Å². The van der Waals surface area contributed by atoms with E-state index in [0.29, 0.717) is 23.1 Å². The van der Waals surface area contributed by atoms with Gasteiger partial charge in [0.2, 0.25) is 0 Å². The summed E-state index contributed by atoms with van der Waals surface area (Å²) >= 11 is 3.15. The van der Waals surface area contributed by atoms with Crippen LogP contribution in [-0.4, -0.2) is 22.5 Å². The minimum atomic E-state index is -0.747. The van der Waals surface area contributed by atoms with Crippen LogP contribution < -0.4 is 11.1 Å². The van der Waals surface area contributed by atoms with Gasteiger partial charge in [0.1, 0.15) is 5.54 Å². The van der Waals surface area contributed by atoms with Crippen LogP contribution in [0, 0.1) is 0 Å². The monoisotopic (exact) mass is 315 g/mol. The summed E-state index contributed by atoms with van der Waals surface area (Å²) in [6.45, 7) is 0. The van der Waals surface area contributed by atoms with Crippen LogP contribution in [0.4, 0.5) is 0 Å². The second kappa shape index (κ2) is 5.01. The molecule has 1 aliphatic carbocycles. The molecule has 1 heterocycles. The molecule has 1 aromatic rings. The van der Waals surface area contributed by atoms with Crippen molar-refractivity contribution in [2.75, 3.05) is 0 Å². The van der Waals surface area contributed by atoms with Crippen molar-refractivity contribution in [2.24, 2.45) is 10.9 Å². The highest BCUT2D eigenvalue weighted by Gasteiger charge is 2.40. The molecular formula is C11H14BrN3O3. The van der Waals surface area contributed by atoms with E-state index in [0.717, 1.165) is 12.8 Å². The van der Waals surface area contributed by atoms with E-state index in [2.05, 4.69) is 26.4 Å². The van der Waals surface area contributed by atoms with Crippen molar-refractivity contribution in [3.05, 3.63) is 22.6 Å². The first-order chi connectivity index (χ1) is 8.59. The molecule has 1 amide bonds. The molecule has 18 heavy (non-hydrogen) atoms. The molecule has 1 saturated carbocycles. The Hall–Kier alpha value is -1.50. The van der Waals surface area contributed by atoms with Crippen molar-refractivity contribution in [3.8, 4) is 0 Å². The van der Waals surface area contributed by atoms with Crippen LogP contribution in [0.15, 0.2) is 26.6 Å². The molecule has 0 radical (unpaired) electrons. The lowest BCUT2D eigenvalue weighted by Gasteiger charge is -2.28. The summed E-state index contributed by atoms with van der Waals surface area (Å²) in [5.74, 6) is -0.253. The van der Waals surface area contributed by atoms with Crippen molar-refractivity contribution < 1.29 is 14.4 Å². The summed E-state index contributed by atoms with van der Waals surface area (Å²) in [6, 6.07) is 1.56. The summed E-state index contributed by atoms with van der Waals surface area (Å²) in [5, 5.41) is 14.7. The van der Waals surface area contributed by atoms with Crippen LogP contribution >= 0.6 is 15.9 Å². The van der Waals surface area contributed by atoms with Gasteiger partial charge in [-0.2, -0.15) is 0 Å². The fourth-order valence-electron chi connectivity index (χ4n) is 2.26. The lowest BCUT2D eigenvalue weighted by atomic mass is 9.95. The standard InChI is InChI=1S/C11H14BrN3O3/c12-8-7(3-6-18-8)9(16)14-11(10(13)15-17)4-1-2-5-11/h3,6,17H,1-2,4-5H2,(H2,13,15)(H,14,16). The number of rotatable bonds is 3. The van der Waals surface area contributed by atoms with Gasteiger partial charge in [0.25, 0.3) is 5.91 Å². The number of carbonyl (C=O) groups is 1. The molecule has 0 bridgehead atoms. The molecule has 0 unspecified atom stereocenters. The summed E-state index contributed by atoms with van der Waals surface area (Å²) in [5.41, 5.74) is 5.35. The molecule has 0 saturated heterocycles. The van der Waals surface area contributed by atoms with E-state index < -0.39 is 5.54 Å². The van der Waals surface area contributed by atoms with Gasteiger partial charge in [0.15, 0.2) is 10.5 Å². The first-order valence-electron chi connectivity index (χ1n) is 5.62. The molecule has 2 rings (SSSR count). The third kappa shape index (κ3) is 2.22. The highest BCUT2D eigenvalue weighted by molar-refractivity contribution is 9.10. The molecule has 0 spiro atoms. The number of oxime groups is 1. The molecule has 4 N–H and O–H groups in total. The Balaban J connectivity index is 2.21. The molecular weight excluding hydrogens is 302 g/mol. The van der Waals surface area contributed by atoms with Crippen LogP contribution in [0.1, 0.15) is 36.0 Å². The average Bonchev–Trinajstić information content (AvgIpc) is 2.97. The van der Waals surface area contributed by atoms with Crippen molar-refractivity contribution in [1.82, 2.24) is 5.32 Å². The van der Waals surface area contributed by atoms with Gasteiger partial charge in [0, 0.05) is 0 Å². The van der Waals surface area contributed by atoms with Crippen LogP contribution in [0.25, 0.3) is 0 Å². The number of hydrogen-bond acceptors (Lipinski definition) is 4. The maximum absolute atomic E-state index is 12.1. The molecule has 1 fully saturated rings. The average molecular weight is 316 g/mol. The first kappa shape index (κ1) is 12.9. The Morgan fingerprint density at radius 3 is 2.72 bits per heavy atom. The highest BCUT2D eigenvalue weighted by Crippen LogP contribution is 2.30. The molecule has 98 valence electrons. The molecule has 0 aromatic carbocycles. The lowest BCUT2D eigenvalue weighted by Crippen LogP contribution is -2.55. The number of amidine groups is 1. The van der Waals surface area contributed by atoms with E-state index in [1.807, 2.05) is 0 Å². The third-order valence-electron chi connectivity index (χ3n) is 3.27. The molecule has 1 aromatic heterocycles. The third-order valence-corrected chi connectivity index (χ3v) is 3.88. The van der Waals surface area contributed by atoms with E-state index in [4.69, 9.17) is 15.4 Å². The van der Waals surface area contributed by atoms with E-state index >= 15 is 0 Å². The first-order valence-corrected chi connectivity index (χ1v) is 6.42. The normalized spacial score (nSPS) is 18.8. The number of furan rings is 1. The van der Waals surface area contributed by atoms with Gasteiger partial charge in [0.05, 0.1) is 11.8 Å². The van der Waals surface area contributed by atoms with Gasteiger partial charge in [-0.3, -0.25) is 4.79 Å². The summed E-state index contributed by atoms with van der Waals surface area (Å²) < 4.78 is 5.38. The maximum atomic E-state index is 12.1. The lowest BCUT2D eigenvalue weighted by molar-refractivity contribution is 0.0921. The quantitative estimate of drug-likeness (QED) is 0.343. The Bertz CT molecular complexity index is 478. The summed E-state index contributed by atoms with van der Waals surface area (Å²) in [4.78, 5) is 12.1. The Labute approximate surface area is 112 Å². The molecule has 7 heteroatoms. The Morgan fingerprint density at radius 1 is 1.56 bits per heavy atom. The zero-order valence-electron chi connectivity index (χ0n) is 9.65. The van der Waals surface area contributed by atoms with Crippen molar-refractivity contribution in [3.63, 3.8) is 0 Å². The number of nitrogens with two attached hydrogens (primary N) is 1. The SMILES string of the molecule is N/C(=N/O)C1(NC(=O)c2ccoc2Br)CCCC1. The number of nitrogens with zero attached hydrogens (tertiary/aromatic N) is 1. The topological polar surface area (TPSA) is 101 Å². The molecule has 1 aliphatic rings. The van der Waals surface area contributed by atoms with Gasteiger partial charge in [-0.25, -0.2) is 0 Å². The highest BCUT2D eigenvalue weighted by atomic mass is 79.9. The number of hydrogen-bond donors (Lipinski definition) is 3. The Kier molecular flexibility index (Phi) is 3.60. The molecule has 6 nitrogen and oxygen atoms in total. The maximum Gasteiger partial charge on any atom is 0.256 e. The van der Waals surface area contributed by atoms with Gasteiger partial charge in [-0.1, -0.05) is 18.0 Å². The smallest absolute Gasteiger partial charge is 0.256 e. The predicted octanol–water partition coefficient (Wildman–Crippen LogP) is 1.83. The number of halogens is 1. The largest absolute Gasteiger partial charge is 0.457 e. The second-order valence-corrected chi connectivity index (χ2v) is 5.06. The number of amides is 1. The van der Waals surface area contributed by atoms with E-state index in [-0.39, 0.29) is 11.7 Å². The fourth-order valence-corrected chi connectivity index (χ4v) is 2.68. The van der Waals surface area contributed by atoms with E-state index in [9.17, 15) is 4.79 Å². The Morgan fingerprint density at radius 2 is 2.22 bits per heavy atom. The zero-order chi connectivity index (χ0) is 13.2. The zero-order valence-corrected chi connectivity index (χ0v) is 11.2. The van der Waals surface area contributed by atoms with Crippen molar-refractivity contribution >= 4 is 27.7 Å². The minimum absolute atomic E-state index is 0.0490. The number of carbonyl (C=O) groups excluding carboxylic acids is 1. The molecule has 0 atom stereocenters. The van der Waals surface area contributed by atoms with Gasteiger partial charge in [-0.15, -0.1) is 0 Å². The number of nitrogens with one attached hydrogen (secondary N) is 1. The second-order valence-electron chi connectivity index (χ2n) is 4.34.